The van der Waals surface area contributed by atoms with Gasteiger partial charge in [0.05, 0.1) is 6.04 Å². The standard InChI is InChI=1S/C17H24N4O2/c1-2-14(13-4-3-7-18-11-13)20-16(23)21-8-5-17(6-9-21)10-15(22)19-12-17/h3-4,7,11,14H,2,5-6,8-10,12H2,1H3,(H,19,22)(H,20,23)/t14-/m0/s1. The van der Waals surface area contributed by atoms with Gasteiger partial charge in [0.2, 0.25) is 5.91 Å². The van der Waals surface area contributed by atoms with E-state index in [9.17, 15) is 9.59 Å². The lowest BCUT2D eigenvalue weighted by Crippen LogP contribution is -2.48. The Balaban J connectivity index is 1.56. The first-order chi connectivity index (χ1) is 11.1. The van der Waals surface area contributed by atoms with Crippen LogP contribution < -0.4 is 10.6 Å². The van der Waals surface area contributed by atoms with Crippen molar-refractivity contribution < 1.29 is 9.59 Å². The molecule has 124 valence electrons. The molecule has 0 saturated carbocycles. The number of carbonyl (C=O) groups is 2. The summed E-state index contributed by atoms with van der Waals surface area (Å²) in [6.45, 7) is 4.24. The van der Waals surface area contributed by atoms with Crippen molar-refractivity contribution in [3.63, 3.8) is 0 Å². The fourth-order valence-electron chi connectivity index (χ4n) is 3.53. The minimum Gasteiger partial charge on any atom is -0.356 e. The number of nitrogens with zero attached hydrogens (tertiary/aromatic N) is 2. The number of likely N-dealkylation sites (tertiary alicyclic amines) is 1. The van der Waals surface area contributed by atoms with Crippen LogP contribution in [0.15, 0.2) is 24.5 Å². The Morgan fingerprint density at radius 1 is 1.48 bits per heavy atom. The number of hydrogen-bond donors (Lipinski definition) is 2. The summed E-state index contributed by atoms with van der Waals surface area (Å²) in [4.78, 5) is 30.0. The molecule has 1 aromatic rings. The molecule has 23 heavy (non-hydrogen) atoms. The number of pyridine rings is 1. The molecule has 2 saturated heterocycles. The summed E-state index contributed by atoms with van der Waals surface area (Å²) in [7, 11) is 0. The second-order valence-electron chi connectivity index (χ2n) is 6.64. The van der Waals surface area contributed by atoms with Crippen molar-refractivity contribution in [2.45, 2.75) is 38.6 Å². The molecule has 2 aliphatic rings. The third kappa shape index (κ3) is 3.46. The topological polar surface area (TPSA) is 74.3 Å². The van der Waals surface area contributed by atoms with E-state index >= 15 is 0 Å². The predicted octanol–water partition coefficient (Wildman–Crippen LogP) is 1.84. The van der Waals surface area contributed by atoms with Crippen molar-refractivity contribution in [3.8, 4) is 0 Å². The maximum Gasteiger partial charge on any atom is 0.317 e. The third-order valence-corrected chi connectivity index (χ3v) is 5.10. The van der Waals surface area contributed by atoms with E-state index in [2.05, 4.69) is 22.5 Å². The van der Waals surface area contributed by atoms with Crippen molar-refractivity contribution in [1.82, 2.24) is 20.5 Å². The summed E-state index contributed by atoms with van der Waals surface area (Å²) in [5.74, 6) is 0.144. The molecule has 1 aromatic heterocycles. The first-order valence-corrected chi connectivity index (χ1v) is 8.34. The number of carbonyl (C=O) groups excluding carboxylic acids is 2. The normalized spacial score (nSPS) is 21.1. The van der Waals surface area contributed by atoms with E-state index in [4.69, 9.17) is 0 Å². The van der Waals surface area contributed by atoms with Gasteiger partial charge in [-0.15, -0.1) is 0 Å². The Morgan fingerprint density at radius 3 is 2.83 bits per heavy atom. The van der Waals surface area contributed by atoms with Gasteiger partial charge in [-0.25, -0.2) is 4.79 Å². The van der Waals surface area contributed by atoms with E-state index in [0.717, 1.165) is 31.4 Å². The molecule has 3 heterocycles. The van der Waals surface area contributed by atoms with Gasteiger partial charge in [0.1, 0.15) is 0 Å². The summed E-state index contributed by atoms with van der Waals surface area (Å²) < 4.78 is 0. The van der Waals surface area contributed by atoms with E-state index in [1.165, 1.54) is 0 Å². The number of aromatic nitrogens is 1. The lowest BCUT2D eigenvalue weighted by molar-refractivity contribution is -0.119. The van der Waals surface area contributed by atoms with Gasteiger partial charge in [0.15, 0.2) is 0 Å². The molecule has 1 spiro atoms. The van der Waals surface area contributed by atoms with Crippen LogP contribution in [0.3, 0.4) is 0 Å². The lowest BCUT2D eigenvalue weighted by Gasteiger charge is -2.38. The average molecular weight is 316 g/mol. The molecule has 0 aromatic carbocycles. The summed E-state index contributed by atoms with van der Waals surface area (Å²) in [6, 6.07) is 3.84. The van der Waals surface area contributed by atoms with E-state index < -0.39 is 0 Å². The second kappa shape index (κ2) is 6.56. The van der Waals surface area contributed by atoms with Crippen LogP contribution in [-0.4, -0.2) is 41.5 Å². The predicted molar refractivity (Wildman–Crippen MR) is 86.7 cm³/mol. The van der Waals surface area contributed by atoms with Crippen molar-refractivity contribution in [2.24, 2.45) is 5.41 Å². The molecule has 0 bridgehead atoms. The highest BCUT2D eigenvalue weighted by molar-refractivity contribution is 5.79. The minimum atomic E-state index is -0.0205. The number of amides is 3. The first-order valence-electron chi connectivity index (χ1n) is 8.34. The SMILES string of the molecule is CC[C@H](NC(=O)N1CCC2(CC1)CNC(=O)C2)c1cccnc1. The molecule has 3 rings (SSSR count). The van der Waals surface area contributed by atoms with E-state index in [0.29, 0.717) is 19.5 Å². The van der Waals surface area contributed by atoms with Crippen LogP contribution in [0, 0.1) is 5.41 Å². The van der Waals surface area contributed by atoms with Crippen LogP contribution in [0.5, 0.6) is 0 Å². The first kappa shape index (κ1) is 15.8. The van der Waals surface area contributed by atoms with Crippen molar-refractivity contribution in [2.75, 3.05) is 19.6 Å². The van der Waals surface area contributed by atoms with Crippen molar-refractivity contribution in [3.05, 3.63) is 30.1 Å². The van der Waals surface area contributed by atoms with Gasteiger partial charge < -0.3 is 15.5 Å². The zero-order chi connectivity index (χ0) is 16.3. The molecule has 0 unspecified atom stereocenters. The molecule has 3 amide bonds. The Labute approximate surface area is 136 Å². The van der Waals surface area contributed by atoms with Crippen molar-refractivity contribution in [1.29, 1.82) is 0 Å². The highest BCUT2D eigenvalue weighted by Gasteiger charge is 2.41. The number of nitrogens with one attached hydrogen (secondary N) is 2. The van der Waals surface area contributed by atoms with Crippen molar-refractivity contribution >= 4 is 11.9 Å². The van der Waals surface area contributed by atoms with Crippen LogP contribution in [0.25, 0.3) is 0 Å². The molecule has 0 radical (unpaired) electrons. The van der Waals surface area contributed by atoms with E-state index in [1.54, 1.807) is 12.4 Å². The van der Waals surface area contributed by atoms with Gasteiger partial charge in [-0.05, 0) is 36.3 Å². The molecule has 0 aliphatic carbocycles. The van der Waals surface area contributed by atoms with Gasteiger partial charge >= 0.3 is 6.03 Å². The van der Waals surface area contributed by atoms with E-state index in [1.807, 2.05) is 17.0 Å². The molecular weight excluding hydrogens is 292 g/mol. The number of rotatable bonds is 3. The minimum absolute atomic E-state index is 0.0122. The molecular formula is C17H24N4O2. The van der Waals surface area contributed by atoms with Crippen LogP contribution in [-0.2, 0) is 4.79 Å². The summed E-state index contributed by atoms with van der Waals surface area (Å²) in [6.07, 6.45) is 6.75. The van der Waals surface area contributed by atoms with Gasteiger partial charge in [0, 0.05) is 38.4 Å². The fourth-order valence-corrected chi connectivity index (χ4v) is 3.53. The Hall–Kier alpha value is -2.11. The Morgan fingerprint density at radius 2 is 2.26 bits per heavy atom. The maximum atomic E-state index is 12.5. The summed E-state index contributed by atoms with van der Waals surface area (Å²) >= 11 is 0. The van der Waals surface area contributed by atoms with Crippen LogP contribution >= 0.6 is 0 Å². The van der Waals surface area contributed by atoms with Gasteiger partial charge in [-0.1, -0.05) is 13.0 Å². The molecule has 6 nitrogen and oxygen atoms in total. The van der Waals surface area contributed by atoms with Crippen LogP contribution in [0.1, 0.15) is 44.2 Å². The van der Waals surface area contributed by atoms with Crippen LogP contribution in [0.4, 0.5) is 4.79 Å². The molecule has 2 aliphatic heterocycles. The van der Waals surface area contributed by atoms with Gasteiger partial charge in [0.25, 0.3) is 0 Å². The molecule has 2 fully saturated rings. The smallest absolute Gasteiger partial charge is 0.317 e. The molecule has 6 heteroatoms. The van der Waals surface area contributed by atoms with Gasteiger partial charge in [-0.3, -0.25) is 9.78 Å². The monoisotopic (exact) mass is 316 g/mol. The van der Waals surface area contributed by atoms with Crippen LogP contribution in [0.2, 0.25) is 0 Å². The number of piperidine rings is 1. The average Bonchev–Trinajstić information content (AvgIpc) is 2.94. The zero-order valence-electron chi connectivity index (χ0n) is 13.5. The lowest BCUT2D eigenvalue weighted by atomic mass is 9.78. The Bertz CT molecular complexity index is 567. The fraction of sp³-hybridized carbons (Fsp3) is 0.588. The highest BCUT2D eigenvalue weighted by Crippen LogP contribution is 2.37. The maximum absolute atomic E-state index is 12.5. The third-order valence-electron chi connectivity index (χ3n) is 5.10. The largest absolute Gasteiger partial charge is 0.356 e. The quantitative estimate of drug-likeness (QED) is 0.893. The Kier molecular flexibility index (Phi) is 4.50. The zero-order valence-corrected chi connectivity index (χ0v) is 13.5. The number of urea groups is 1. The highest BCUT2D eigenvalue weighted by atomic mass is 16.2. The summed E-state index contributed by atoms with van der Waals surface area (Å²) in [5, 5.41) is 6.03. The number of hydrogen-bond acceptors (Lipinski definition) is 3. The summed E-state index contributed by atoms with van der Waals surface area (Å²) in [5.41, 5.74) is 1.10. The molecule has 1 atom stereocenters. The second-order valence-corrected chi connectivity index (χ2v) is 6.64. The van der Waals surface area contributed by atoms with E-state index in [-0.39, 0.29) is 23.4 Å². The molecule has 2 N–H and O–H groups in total. The van der Waals surface area contributed by atoms with Gasteiger partial charge in [-0.2, -0.15) is 0 Å².